The number of fused-ring (bicyclic) bond motifs is 1. The molecule has 5 rings (SSSR count). The van der Waals surface area contributed by atoms with Gasteiger partial charge in [0.15, 0.2) is 11.6 Å². The Bertz CT molecular complexity index is 1280. The third-order valence-corrected chi connectivity index (χ3v) is 6.14. The fourth-order valence-corrected chi connectivity index (χ4v) is 4.29. The zero-order valence-electron chi connectivity index (χ0n) is 18.1. The number of H-pyrrole nitrogens is 1. The summed E-state index contributed by atoms with van der Waals surface area (Å²) in [6.07, 6.45) is 2.82. The fourth-order valence-electron chi connectivity index (χ4n) is 4.29. The largest absolute Gasteiger partial charge is 0.372 e. The first-order valence-corrected chi connectivity index (χ1v) is 11.0. The standard InChI is InChI=1S/C27H25N3O2/c1-18(31)20-5-7-22(8-6-20)27-28-24-13-4-19(16-25(24)29-27)17-26(32)21-9-11-23(12-10-21)30-14-2-3-15-30/h4-13,16H,2-3,14-15,17H2,1H3,(H,28,29). The van der Waals surface area contributed by atoms with Gasteiger partial charge in [0.1, 0.15) is 5.82 Å². The highest BCUT2D eigenvalue weighted by atomic mass is 16.1. The molecule has 0 saturated carbocycles. The van der Waals surface area contributed by atoms with Gasteiger partial charge in [-0.2, -0.15) is 0 Å². The van der Waals surface area contributed by atoms with E-state index < -0.39 is 0 Å². The lowest BCUT2D eigenvalue weighted by molar-refractivity contribution is 0.0990. The second-order valence-corrected chi connectivity index (χ2v) is 8.41. The first kappa shape index (κ1) is 20.2. The van der Waals surface area contributed by atoms with Crippen LogP contribution in [0.25, 0.3) is 22.4 Å². The Morgan fingerprint density at radius 1 is 0.906 bits per heavy atom. The van der Waals surface area contributed by atoms with Crippen LogP contribution in [0.5, 0.6) is 0 Å². The second-order valence-electron chi connectivity index (χ2n) is 8.41. The normalized spacial score (nSPS) is 13.6. The summed E-state index contributed by atoms with van der Waals surface area (Å²) >= 11 is 0. The zero-order chi connectivity index (χ0) is 22.1. The number of nitrogens with zero attached hydrogens (tertiary/aromatic N) is 2. The maximum atomic E-state index is 12.8. The van der Waals surface area contributed by atoms with E-state index in [9.17, 15) is 9.59 Å². The number of nitrogens with one attached hydrogen (secondary N) is 1. The summed E-state index contributed by atoms with van der Waals surface area (Å²) in [7, 11) is 0. The van der Waals surface area contributed by atoms with Crippen molar-refractivity contribution in [2.75, 3.05) is 18.0 Å². The number of carbonyl (C=O) groups is 2. The molecule has 5 heteroatoms. The molecule has 0 atom stereocenters. The van der Waals surface area contributed by atoms with E-state index in [-0.39, 0.29) is 11.6 Å². The Hall–Kier alpha value is -3.73. The van der Waals surface area contributed by atoms with Gasteiger partial charge in [0.2, 0.25) is 0 Å². The first-order chi connectivity index (χ1) is 15.6. The van der Waals surface area contributed by atoms with Crippen LogP contribution < -0.4 is 4.90 Å². The molecule has 1 fully saturated rings. The molecule has 1 aliphatic heterocycles. The number of hydrogen-bond donors (Lipinski definition) is 1. The molecule has 3 aromatic carbocycles. The van der Waals surface area contributed by atoms with Gasteiger partial charge in [0.05, 0.1) is 11.0 Å². The molecule has 1 N–H and O–H groups in total. The molecule has 1 aliphatic rings. The Morgan fingerprint density at radius 2 is 1.59 bits per heavy atom. The summed E-state index contributed by atoms with van der Waals surface area (Å²) in [6, 6.07) is 21.3. The van der Waals surface area contributed by atoms with Crippen molar-refractivity contribution >= 4 is 28.3 Å². The van der Waals surface area contributed by atoms with E-state index in [0.29, 0.717) is 12.0 Å². The van der Waals surface area contributed by atoms with E-state index in [0.717, 1.165) is 46.6 Å². The molecule has 32 heavy (non-hydrogen) atoms. The molecular formula is C27H25N3O2. The van der Waals surface area contributed by atoms with Gasteiger partial charge in [-0.1, -0.05) is 30.3 Å². The van der Waals surface area contributed by atoms with Crippen LogP contribution in [-0.4, -0.2) is 34.6 Å². The smallest absolute Gasteiger partial charge is 0.167 e. The minimum Gasteiger partial charge on any atom is -0.372 e. The van der Waals surface area contributed by atoms with Gasteiger partial charge in [-0.05, 0) is 61.7 Å². The number of rotatable bonds is 6. The number of hydrogen-bond acceptors (Lipinski definition) is 4. The zero-order valence-corrected chi connectivity index (χ0v) is 18.1. The minimum atomic E-state index is 0.0427. The SMILES string of the molecule is CC(=O)c1ccc(-c2nc3ccc(CC(=O)c4ccc(N5CCCC5)cc4)cc3[nH]2)cc1. The van der Waals surface area contributed by atoms with Crippen molar-refractivity contribution in [2.24, 2.45) is 0 Å². The molecule has 1 saturated heterocycles. The molecule has 0 spiro atoms. The molecular weight excluding hydrogens is 398 g/mol. The number of anilines is 1. The monoisotopic (exact) mass is 423 g/mol. The average Bonchev–Trinajstić information content (AvgIpc) is 3.49. The highest BCUT2D eigenvalue weighted by Crippen LogP contribution is 2.24. The maximum absolute atomic E-state index is 12.8. The molecule has 1 aromatic heterocycles. The van der Waals surface area contributed by atoms with Gasteiger partial charge in [-0.15, -0.1) is 0 Å². The van der Waals surface area contributed by atoms with Crippen LogP contribution >= 0.6 is 0 Å². The molecule has 0 radical (unpaired) electrons. The predicted octanol–water partition coefficient (Wildman–Crippen LogP) is 5.46. The Balaban J connectivity index is 1.32. The van der Waals surface area contributed by atoms with Crippen LogP contribution in [0.3, 0.4) is 0 Å². The number of aromatic amines is 1. The summed E-state index contributed by atoms with van der Waals surface area (Å²) in [5, 5.41) is 0. The van der Waals surface area contributed by atoms with Crippen molar-refractivity contribution in [3.8, 4) is 11.4 Å². The topological polar surface area (TPSA) is 66.1 Å². The van der Waals surface area contributed by atoms with Crippen LogP contribution in [0.1, 0.15) is 46.0 Å². The number of aromatic nitrogens is 2. The second kappa shape index (κ2) is 8.42. The lowest BCUT2D eigenvalue weighted by atomic mass is 10.0. The lowest BCUT2D eigenvalue weighted by Gasteiger charge is -2.17. The summed E-state index contributed by atoms with van der Waals surface area (Å²) in [4.78, 5) is 34.7. The molecule has 5 nitrogen and oxygen atoms in total. The summed E-state index contributed by atoms with van der Waals surface area (Å²) in [5.74, 6) is 0.897. The van der Waals surface area contributed by atoms with Crippen molar-refractivity contribution < 1.29 is 9.59 Å². The quantitative estimate of drug-likeness (QED) is 0.418. The van der Waals surface area contributed by atoms with E-state index in [2.05, 4.69) is 27.0 Å². The molecule has 160 valence electrons. The van der Waals surface area contributed by atoms with E-state index >= 15 is 0 Å². The molecule has 0 unspecified atom stereocenters. The van der Waals surface area contributed by atoms with Crippen molar-refractivity contribution in [1.29, 1.82) is 0 Å². The van der Waals surface area contributed by atoms with E-state index in [1.54, 1.807) is 6.92 Å². The van der Waals surface area contributed by atoms with Crippen LogP contribution in [0.4, 0.5) is 5.69 Å². The Morgan fingerprint density at radius 3 is 2.28 bits per heavy atom. The van der Waals surface area contributed by atoms with Crippen molar-refractivity contribution in [2.45, 2.75) is 26.2 Å². The summed E-state index contributed by atoms with van der Waals surface area (Å²) < 4.78 is 0. The summed E-state index contributed by atoms with van der Waals surface area (Å²) in [5.41, 5.74) is 6.23. The van der Waals surface area contributed by atoms with Gasteiger partial charge >= 0.3 is 0 Å². The molecule has 4 aromatic rings. The first-order valence-electron chi connectivity index (χ1n) is 11.0. The van der Waals surface area contributed by atoms with Crippen LogP contribution in [0, 0.1) is 0 Å². The van der Waals surface area contributed by atoms with Crippen molar-refractivity contribution in [3.63, 3.8) is 0 Å². The number of carbonyl (C=O) groups excluding carboxylic acids is 2. The predicted molar refractivity (Wildman–Crippen MR) is 127 cm³/mol. The lowest BCUT2D eigenvalue weighted by Crippen LogP contribution is -2.17. The van der Waals surface area contributed by atoms with Gasteiger partial charge in [-0.3, -0.25) is 9.59 Å². The Kier molecular flexibility index (Phi) is 5.31. The van der Waals surface area contributed by atoms with Gasteiger partial charge < -0.3 is 9.88 Å². The molecule has 0 bridgehead atoms. The Labute approximate surface area is 187 Å². The van der Waals surface area contributed by atoms with E-state index in [4.69, 9.17) is 0 Å². The number of Topliss-reactive ketones (excluding diaryl/α,β-unsaturated/α-hetero) is 2. The van der Waals surface area contributed by atoms with Gasteiger partial charge in [0.25, 0.3) is 0 Å². The maximum Gasteiger partial charge on any atom is 0.167 e. The highest BCUT2D eigenvalue weighted by molar-refractivity contribution is 5.98. The molecule has 2 heterocycles. The molecule has 0 aliphatic carbocycles. The van der Waals surface area contributed by atoms with Gasteiger partial charge in [-0.25, -0.2) is 4.98 Å². The third kappa shape index (κ3) is 4.06. The third-order valence-electron chi connectivity index (χ3n) is 6.14. The van der Waals surface area contributed by atoms with E-state index in [1.807, 2.05) is 54.6 Å². The fraction of sp³-hybridized carbons (Fsp3) is 0.222. The van der Waals surface area contributed by atoms with Crippen molar-refractivity contribution in [3.05, 3.63) is 83.4 Å². The number of benzene rings is 3. The van der Waals surface area contributed by atoms with E-state index in [1.165, 1.54) is 18.5 Å². The van der Waals surface area contributed by atoms with Crippen LogP contribution in [0.2, 0.25) is 0 Å². The minimum absolute atomic E-state index is 0.0427. The number of ketones is 2. The number of imidazole rings is 1. The average molecular weight is 424 g/mol. The summed E-state index contributed by atoms with van der Waals surface area (Å²) in [6.45, 7) is 3.75. The highest BCUT2D eigenvalue weighted by Gasteiger charge is 2.14. The molecule has 0 amide bonds. The van der Waals surface area contributed by atoms with Crippen molar-refractivity contribution in [1.82, 2.24) is 9.97 Å². The van der Waals surface area contributed by atoms with Crippen LogP contribution in [-0.2, 0) is 6.42 Å². The van der Waals surface area contributed by atoms with Gasteiger partial charge in [0, 0.05) is 41.9 Å². The van der Waals surface area contributed by atoms with Crippen LogP contribution in [0.15, 0.2) is 66.7 Å².